The second kappa shape index (κ2) is 5.00. The van der Waals surface area contributed by atoms with Crippen molar-refractivity contribution in [2.24, 2.45) is 0 Å². The average Bonchev–Trinajstić information content (AvgIpc) is 2.78. The van der Waals surface area contributed by atoms with Gasteiger partial charge < -0.3 is 4.57 Å². The van der Waals surface area contributed by atoms with Crippen molar-refractivity contribution in [3.63, 3.8) is 0 Å². The van der Waals surface area contributed by atoms with Crippen molar-refractivity contribution in [2.75, 3.05) is 0 Å². The molecule has 0 bridgehead atoms. The molecule has 0 radical (unpaired) electrons. The lowest BCUT2D eigenvalue weighted by molar-refractivity contribution is 0.418. The zero-order valence-electron chi connectivity index (χ0n) is 9.94. The summed E-state index contributed by atoms with van der Waals surface area (Å²) in [6.45, 7) is 2.61. The van der Waals surface area contributed by atoms with Crippen LogP contribution < -0.4 is 0 Å². The predicted molar refractivity (Wildman–Crippen MR) is 61.3 cm³/mol. The molecule has 18 heavy (non-hydrogen) atoms. The van der Waals surface area contributed by atoms with Gasteiger partial charge in [0.25, 0.3) is 0 Å². The van der Waals surface area contributed by atoms with Crippen molar-refractivity contribution >= 4 is 10.8 Å². The summed E-state index contributed by atoms with van der Waals surface area (Å²) in [4.78, 5) is 0. The number of aromatic nitrogens is 1. The summed E-state index contributed by atoms with van der Waals surface area (Å²) < 4.78 is 54.5. The van der Waals surface area contributed by atoms with Gasteiger partial charge in [-0.05, 0) is 6.42 Å². The SMILES string of the molecule is CCCCCn1cc2c(F)c(F)c(F)c(F)c2c1. The first-order chi connectivity index (χ1) is 8.56. The van der Waals surface area contributed by atoms with Gasteiger partial charge in [0.1, 0.15) is 0 Å². The largest absolute Gasteiger partial charge is 0.353 e. The Bertz CT molecular complexity index is 529. The highest BCUT2D eigenvalue weighted by molar-refractivity contribution is 5.83. The lowest BCUT2D eigenvalue weighted by Crippen LogP contribution is -1.95. The minimum absolute atomic E-state index is 0.220. The third-order valence-electron chi connectivity index (χ3n) is 2.95. The summed E-state index contributed by atoms with van der Waals surface area (Å²) in [7, 11) is 0. The lowest BCUT2D eigenvalue weighted by atomic mass is 10.2. The number of hydrogen-bond donors (Lipinski definition) is 0. The van der Waals surface area contributed by atoms with E-state index in [1.807, 2.05) is 6.92 Å². The van der Waals surface area contributed by atoms with Crippen LogP contribution in [-0.2, 0) is 6.54 Å². The average molecular weight is 259 g/mol. The first-order valence-corrected chi connectivity index (χ1v) is 5.87. The number of halogens is 4. The Balaban J connectivity index is 2.44. The molecule has 0 saturated carbocycles. The molecule has 0 N–H and O–H groups in total. The Morgan fingerprint density at radius 3 is 1.78 bits per heavy atom. The number of hydrogen-bond acceptors (Lipinski definition) is 0. The summed E-state index contributed by atoms with van der Waals surface area (Å²) >= 11 is 0. The van der Waals surface area contributed by atoms with Crippen molar-refractivity contribution in [1.82, 2.24) is 4.57 Å². The Morgan fingerprint density at radius 2 is 1.33 bits per heavy atom. The molecule has 2 rings (SSSR count). The maximum atomic E-state index is 13.4. The molecule has 0 spiro atoms. The van der Waals surface area contributed by atoms with Gasteiger partial charge in [0, 0.05) is 29.7 Å². The highest BCUT2D eigenvalue weighted by atomic mass is 19.2. The molecule has 1 heterocycles. The molecule has 2 aromatic rings. The fraction of sp³-hybridized carbons (Fsp3) is 0.385. The topological polar surface area (TPSA) is 4.93 Å². The van der Waals surface area contributed by atoms with Crippen LogP contribution in [0.2, 0.25) is 0 Å². The van der Waals surface area contributed by atoms with Crippen molar-refractivity contribution < 1.29 is 17.6 Å². The molecule has 1 aromatic heterocycles. The van der Waals surface area contributed by atoms with E-state index in [1.165, 1.54) is 12.4 Å². The van der Waals surface area contributed by atoms with Gasteiger partial charge in [-0.25, -0.2) is 17.6 Å². The van der Waals surface area contributed by atoms with Gasteiger partial charge in [0.05, 0.1) is 0 Å². The van der Waals surface area contributed by atoms with Crippen LogP contribution in [0.4, 0.5) is 17.6 Å². The number of unbranched alkanes of at least 4 members (excludes halogenated alkanes) is 2. The summed E-state index contributed by atoms with van der Waals surface area (Å²) in [6, 6.07) is 0. The fourth-order valence-corrected chi connectivity index (χ4v) is 1.96. The van der Waals surface area contributed by atoms with E-state index in [4.69, 9.17) is 0 Å². The third kappa shape index (κ3) is 2.09. The van der Waals surface area contributed by atoms with E-state index in [2.05, 4.69) is 0 Å². The van der Waals surface area contributed by atoms with Gasteiger partial charge in [0.15, 0.2) is 23.3 Å². The summed E-state index contributed by atoms with van der Waals surface area (Å²) in [5.74, 6) is -6.19. The van der Waals surface area contributed by atoms with E-state index in [0.29, 0.717) is 6.54 Å². The zero-order valence-corrected chi connectivity index (χ0v) is 9.94. The first-order valence-electron chi connectivity index (χ1n) is 5.87. The van der Waals surface area contributed by atoms with Gasteiger partial charge in [-0.1, -0.05) is 19.8 Å². The number of rotatable bonds is 4. The van der Waals surface area contributed by atoms with E-state index in [9.17, 15) is 17.6 Å². The number of fused-ring (bicyclic) bond motifs is 1. The molecule has 1 aromatic carbocycles. The summed E-state index contributed by atoms with van der Waals surface area (Å²) in [6.07, 6.45) is 5.48. The van der Waals surface area contributed by atoms with Crippen LogP contribution in [0.15, 0.2) is 12.4 Å². The molecule has 5 heteroatoms. The van der Waals surface area contributed by atoms with Gasteiger partial charge in [-0.15, -0.1) is 0 Å². The molecular weight excluding hydrogens is 246 g/mol. The standard InChI is InChI=1S/C13H13F4N/c1-2-3-4-5-18-6-8-9(7-18)11(15)13(17)12(16)10(8)14/h6-7H,2-5H2,1H3. The van der Waals surface area contributed by atoms with Crippen LogP contribution in [0.1, 0.15) is 26.2 Å². The monoisotopic (exact) mass is 259 g/mol. The maximum absolute atomic E-state index is 13.4. The molecule has 0 amide bonds. The lowest BCUT2D eigenvalue weighted by Gasteiger charge is -1.99. The Kier molecular flexibility index (Phi) is 3.59. The molecule has 0 fully saturated rings. The van der Waals surface area contributed by atoms with Crippen molar-refractivity contribution in [2.45, 2.75) is 32.7 Å². The van der Waals surface area contributed by atoms with Crippen LogP contribution in [0.3, 0.4) is 0 Å². The highest BCUT2D eigenvalue weighted by Crippen LogP contribution is 2.27. The molecule has 0 unspecified atom stereocenters. The molecule has 1 nitrogen and oxygen atoms in total. The Hall–Kier alpha value is -1.52. The minimum Gasteiger partial charge on any atom is -0.353 e. The van der Waals surface area contributed by atoms with Crippen LogP contribution in [0.5, 0.6) is 0 Å². The molecule has 0 atom stereocenters. The van der Waals surface area contributed by atoms with Crippen molar-refractivity contribution in [3.05, 3.63) is 35.7 Å². The highest BCUT2D eigenvalue weighted by Gasteiger charge is 2.21. The van der Waals surface area contributed by atoms with E-state index >= 15 is 0 Å². The van der Waals surface area contributed by atoms with Gasteiger partial charge >= 0.3 is 0 Å². The normalized spacial score (nSPS) is 11.4. The summed E-state index contributed by atoms with van der Waals surface area (Å²) in [5, 5.41) is -0.439. The second-order valence-electron chi connectivity index (χ2n) is 4.29. The van der Waals surface area contributed by atoms with Gasteiger partial charge in [-0.2, -0.15) is 0 Å². The van der Waals surface area contributed by atoms with Crippen molar-refractivity contribution in [1.29, 1.82) is 0 Å². The number of nitrogens with zero attached hydrogens (tertiary/aromatic N) is 1. The van der Waals surface area contributed by atoms with E-state index < -0.39 is 23.3 Å². The molecular formula is C13H13F4N. The van der Waals surface area contributed by atoms with Gasteiger partial charge in [0.2, 0.25) is 0 Å². The molecule has 0 aliphatic heterocycles. The fourth-order valence-electron chi connectivity index (χ4n) is 1.96. The first kappa shape index (κ1) is 12.9. The van der Waals surface area contributed by atoms with Crippen molar-refractivity contribution in [3.8, 4) is 0 Å². The quantitative estimate of drug-likeness (QED) is 0.332. The third-order valence-corrected chi connectivity index (χ3v) is 2.95. The summed E-state index contributed by atoms with van der Waals surface area (Å²) in [5.41, 5.74) is 0. The zero-order chi connectivity index (χ0) is 13.3. The Labute approximate surface area is 102 Å². The van der Waals surface area contributed by atoms with E-state index in [0.717, 1.165) is 19.3 Å². The maximum Gasteiger partial charge on any atom is 0.198 e. The molecule has 0 aliphatic carbocycles. The van der Waals surface area contributed by atoms with Gasteiger partial charge in [-0.3, -0.25) is 0 Å². The number of aryl methyl sites for hydroxylation is 1. The minimum atomic E-state index is -1.76. The predicted octanol–water partition coefficient (Wildman–Crippen LogP) is 4.39. The molecule has 0 aliphatic rings. The molecule has 98 valence electrons. The Morgan fingerprint density at radius 1 is 0.833 bits per heavy atom. The van der Waals surface area contributed by atoms with E-state index in [-0.39, 0.29) is 10.8 Å². The van der Waals surface area contributed by atoms with Crippen LogP contribution in [0.25, 0.3) is 10.8 Å². The smallest absolute Gasteiger partial charge is 0.198 e. The van der Waals surface area contributed by atoms with Crippen LogP contribution in [-0.4, -0.2) is 4.57 Å². The molecule has 0 saturated heterocycles. The number of benzene rings is 1. The van der Waals surface area contributed by atoms with Crippen LogP contribution in [0, 0.1) is 23.3 Å². The van der Waals surface area contributed by atoms with Crippen LogP contribution >= 0.6 is 0 Å². The second-order valence-corrected chi connectivity index (χ2v) is 4.29. The van der Waals surface area contributed by atoms with E-state index in [1.54, 1.807) is 4.57 Å².